The van der Waals surface area contributed by atoms with Gasteiger partial charge in [0.2, 0.25) is 100 Å². The molecule has 45 heteroatoms. The lowest BCUT2D eigenvalue weighted by atomic mass is 9.98. The molecule has 8 rings (SSSR count). The molecule has 1 aromatic heterocycles. The first-order valence-corrected chi connectivity index (χ1v) is 46.2. The Morgan fingerprint density at radius 3 is 1.56 bits per heavy atom. The summed E-state index contributed by atoms with van der Waals surface area (Å²) >= 11 is 0.538. The maximum Gasteiger partial charge on any atom is 0.305 e. The van der Waals surface area contributed by atoms with Crippen LogP contribution in [0.2, 0.25) is 0 Å². The Morgan fingerprint density at radius 1 is 0.507 bits per heavy atom. The number of primary amides is 2. The fourth-order valence-corrected chi connectivity index (χ4v) is 16.1. The SMILES string of the molecule is CC(C)C[C@@H]1NC(=O)[C@H](CCN)NC(=O)[C@H](Cc2ccccc2)N(C)C(=O)[C@@H]2CN[C@@H](O)[C@H](NC(=O)[C@H](C(C)C)NC1=O)C(=O)N[C@H](C(=O)N[C@@H](C)C(N)=O)CSCC(=O)N[C@@H](CC(N)=O)C(=O)N[C@@H](Cc1ccc(O)cc1)C(=O)N[C@@H](CC(=O)O)C(=O)N[C@@H](Cc1c[nH]c3ccccc13)C(=O)N[C@@H](C(C)C)C(=O)N[C@@H](Cc1ccc(-c3ccccc3)cc1)C(=O)N[C@@H](CCCNC(=N)N)C(=O)N2. The highest BCUT2D eigenvalue weighted by atomic mass is 32.2. The van der Waals surface area contributed by atoms with E-state index in [0.717, 1.165) is 30.0 Å². The smallest absolute Gasteiger partial charge is 0.305 e. The van der Waals surface area contributed by atoms with E-state index in [1.165, 1.54) is 58.2 Å². The lowest BCUT2D eigenvalue weighted by molar-refractivity contribution is -0.143. The number of thioether (sulfide) groups is 1. The number of benzene rings is 5. The molecule has 16 atom stereocenters. The van der Waals surface area contributed by atoms with Gasteiger partial charge in [0.05, 0.1) is 18.6 Å². The number of hydrogen-bond donors (Lipinski definition) is 25. The second-order valence-corrected chi connectivity index (χ2v) is 36.0. The molecule has 0 radical (unpaired) electrons. The maximum atomic E-state index is 16.1. The fourth-order valence-electron chi connectivity index (χ4n) is 15.3. The minimum atomic E-state index is -2.52. The van der Waals surface area contributed by atoms with Gasteiger partial charge < -0.3 is 128 Å². The lowest BCUT2D eigenvalue weighted by Gasteiger charge is -2.34. The summed E-state index contributed by atoms with van der Waals surface area (Å²) in [6.45, 7) is 9.19. The summed E-state index contributed by atoms with van der Waals surface area (Å²) < 4.78 is 0. The number of hydrogen-bond acceptors (Lipinski definition) is 24. The number of amides is 17. The van der Waals surface area contributed by atoms with Gasteiger partial charge in [0.25, 0.3) is 0 Å². The van der Waals surface area contributed by atoms with Crippen molar-refractivity contribution in [3.8, 4) is 16.9 Å². The molecule has 0 saturated carbocycles. The van der Waals surface area contributed by atoms with E-state index >= 15 is 43.2 Å². The summed E-state index contributed by atoms with van der Waals surface area (Å²) in [4.78, 5) is 271. The van der Waals surface area contributed by atoms with Crippen molar-refractivity contribution >= 4 is 135 Å². The number of phenols is 1. The van der Waals surface area contributed by atoms with Gasteiger partial charge in [-0.05, 0) is 108 Å². The molecule has 44 nitrogen and oxygen atoms in total. The number of likely N-dealkylation sites (N-methyl/N-ethyl adjacent to an activating group) is 1. The zero-order valence-electron chi connectivity index (χ0n) is 77.7. The number of rotatable bonds is 26. The van der Waals surface area contributed by atoms with E-state index in [1.54, 1.807) is 92.7 Å². The van der Waals surface area contributed by atoms with Crippen LogP contribution in [0.4, 0.5) is 0 Å². The van der Waals surface area contributed by atoms with Crippen LogP contribution >= 0.6 is 11.8 Å². The van der Waals surface area contributed by atoms with Crippen LogP contribution in [0.5, 0.6) is 5.75 Å². The van der Waals surface area contributed by atoms with Crippen molar-refractivity contribution < 1.29 is 102 Å². The van der Waals surface area contributed by atoms with E-state index in [2.05, 4.69) is 90.1 Å². The molecule has 744 valence electrons. The van der Waals surface area contributed by atoms with Crippen LogP contribution < -0.4 is 108 Å². The average molecular weight is 1930 g/mol. The molecular formula is C93H125N23O21S. The van der Waals surface area contributed by atoms with Gasteiger partial charge in [-0.2, -0.15) is 0 Å². The number of nitrogens with zero attached hydrogens (tertiary/aromatic N) is 1. The van der Waals surface area contributed by atoms with Crippen LogP contribution in [0.1, 0.15) is 109 Å². The average Bonchev–Trinajstić information content (AvgIpc) is 1.53. The number of aromatic hydroxyl groups is 1. The molecule has 29 N–H and O–H groups in total. The van der Waals surface area contributed by atoms with Gasteiger partial charge in [0.1, 0.15) is 103 Å². The van der Waals surface area contributed by atoms with Gasteiger partial charge in [-0.15, -0.1) is 11.8 Å². The summed E-state index contributed by atoms with van der Waals surface area (Å²) in [5.41, 5.74) is 26.6. The number of aromatic amines is 1. The molecule has 5 aromatic carbocycles. The van der Waals surface area contributed by atoms with Crippen molar-refractivity contribution in [3.63, 3.8) is 0 Å². The quantitative estimate of drug-likeness (QED) is 0.0139. The molecule has 6 aromatic rings. The molecular weight excluding hydrogens is 1810 g/mol. The number of phenolic OH excluding ortho intramolecular Hbond substituents is 1. The second kappa shape index (κ2) is 52.5. The zero-order chi connectivity index (χ0) is 101. The van der Waals surface area contributed by atoms with Crippen LogP contribution in [0, 0.1) is 23.2 Å². The Hall–Kier alpha value is -14.6. The van der Waals surface area contributed by atoms with E-state index < -0.39 is 271 Å². The topological polar surface area (TPSA) is 707 Å². The van der Waals surface area contributed by atoms with E-state index in [-0.39, 0.29) is 62.4 Å². The third kappa shape index (κ3) is 33.2. The Balaban J connectivity index is 1.34. The first kappa shape index (κ1) is 109. The molecule has 2 aliphatic heterocycles. The number of fused-ring (bicyclic) bond motifs is 5. The van der Waals surface area contributed by atoms with Gasteiger partial charge >= 0.3 is 5.97 Å². The Labute approximate surface area is 800 Å². The van der Waals surface area contributed by atoms with Crippen molar-refractivity contribution in [2.45, 2.75) is 210 Å². The van der Waals surface area contributed by atoms with E-state index in [9.17, 15) is 58.5 Å². The van der Waals surface area contributed by atoms with Crippen molar-refractivity contribution in [2.75, 3.05) is 38.2 Å². The van der Waals surface area contributed by atoms with E-state index in [0.29, 0.717) is 39.4 Å². The fraction of sp³-hybridized carbons (Fsp3) is 0.452. The highest BCUT2D eigenvalue weighted by Crippen LogP contribution is 2.24. The predicted octanol–water partition coefficient (Wildman–Crippen LogP) is -4.08. The first-order chi connectivity index (χ1) is 65.5. The number of carbonyl (C=O) groups excluding carboxylic acids is 17. The molecule has 2 bridgehead atoms. The van der Waals surface area contributed by atoms with Crippen LogP contribution in [0.25, 0.3) is 22.0 Å². The summed E-state index contributed by atoms with van der Waals surface area (Å²) in [6, 6.07) is 8.59. The Morgan fingerprint density at radius 2 is 0.986 bits per heavy atom. The number of aliphatic carboxylic acids is 1. The molecule has 0 aliphatic carbocycles. The number of carbonyl (C=O) groups is 18. The van der Waals surface area contributed by atoms with Crippen molar-refractivity contribution in [1.82, 2.24) is 95.0 Å². The number of carboxylic acid groups (broad SMARTS) is 1. The molecule has 2 saturated heterocycles. The second-order valence-electron chi connectivity index (χ2n) is 34.9. The number of guanidine groups is 1. The normalized spacial score (nSPS) is 23.9. The monoisotopic (exact) mass is 1930 g/mol. The largest absolute Gasteiger partial charge is 0.508 e. The molecule has 2 aliphatic rings. The Bertz CT molecular complexity index is 5320. The molecule has 17 amide bonds. The summed E-state index contributed by atoms with van der Waals surface area (Å²) in [5, 5.41) is 82.9. The minimum absolute atomic E-state index is 0.0934. The third-order valence-electron chi connectivity index (χ3n) is 22.9. The van der Waals surface area contributed by atoms with Gasteiger partial charge in [-0.25, -0.2) is 0 Å². The van der Waals surface area contributed by atoms with Crippen LogP contribution in [0.3, 0.4) is 0 Å². The van der Waals surface area contributed by atoms with Crippen LogP contribution in [0.15, 0.2) is 140 Å². The third-order valence-corrected chi connectivity index (χ3v) is 23.9. The number of nitrogens with two attached hydrogens (primary N) is 4. The number of aromatic nitrogens is 1. The molecule has 3 heterocycles. The van der Waals surface area contributed by atoms with Crippen molar-refractivity contribution in [1.29, 1.82) is 5.41 Å². The molecule has 2 fully saturated rings. The van der Waals surface area contributed by atoms with Crippen molar-refractivity contribution in [2.24, 2.45) is 40.7 Å². The van der Waals surface area contributed by atoms with Gasteiger partial charge in [0.15, 0.2) is 5.96 Å². The van der Waals surface area contributed by atoms with E-state index in [1.807, 2.05) is 30.3 Å². The minimum Gasteiger partial charge on any atom is -0.508 e. The number of para-hydroxylation sites is 1. The number of aliphatic hydroxyl groups excluding tert-OH is 1. The number of carboxylic acids is 1. The maximum absolute atomic E-state index is 16.1. The molecule has 0 spiro atoms. The number of H-pyrrole nitrogens is 1. The molecule has 138 heavy (non-hydrogen) atoms. The standard InChI is InChI=1S/C93H125N23O21S/c1-47(2)36-62-84(129)114-75(49(5)6)90(135)115-76-88(133)101-44-68(92(137)116(8)70(39-51-18-11-9-12-19-51)87(132)105-61(33-34-94)79(124)106-62)111-78(123)60(24-17-35-99-93(97)98)104-80(125)64(37-52-25-29-55(30-26-52)54-20-13-10-14-21-54)110-89(134)74(48(3)4)113-85(130)65(40-56-43-100-59-23-16-15-22-58(56)59)108-83(128)67(42-73(120)121)109-81(126)63(38-53-27-31-57(117)32-28-53)107-82(127)66(41-71(95)118)103-72(119)46-138-45-69(112-91(76)136)86(131)102-50(7)77(96)122/h9-16,18-23,25-32,43,47-50,60-70,74-76,88,100-101,117,133H,17,24,33-42,44-46,94H2,1-8H3,(H2,95,118)(H2,96,122)(H,102,131)(H,103,119)(H,104,125)(H,105,132)(H,106,124)(H,107,127)(H,108,128)(H,109,126)(H,110,134)(H,111,123)(H,112,136)(H,113,130)(H,114,129)(H,115,135)(H,120,121)(H4,97,98,99)/t50-,60-,61-,62-,63-,64-,65-,66-,67-,68-,69-,70-,74-,75-,76-,88-/m0/s1. The predicted molar refractivity (Wildman–Crippen MR) is 507 cm³/mol. The van der Waals surface area contributed by atoms with Crippen LogP contribution in [-0.4, -0.2) is 273 Å². The molecule has 0 unspecified atom stereocenters. The highest BCUT2D eigenvalue weighted by Gasteiger charge is 2.43. The summed E-state index contributed by atoms with van der Waals surface area (Å²) in [6.07, 6.45) is -5.75. The number of nitrogens with one attached hydrogen (secondary N) is 18. The van der Waals surface area contributed by atoms with Gasteiger partial charge in [-0.1, -0.05) is 157 Å². The summed E-state index contributed by atoms with van der Waals surface area (Å²) in [5.74, 6) is -26.0. The zero-order valence-corrected chi connectivity index (χ0v) is 78.5. The first-order valence-electron chi connectivity index (χ1n) is 45.1. The summed E-state index contributed by atoms with van der Waals surface area (Å²) in [7, 11) is 1.16. The lowest BCUT2D eigenvalue weighted by Crippen LogP contribution is -2.66. The van der Waals surface area contributed by atoms with E-state index in [4.69, 9.17) is 28.3 Å². The van der Waals surface area contributed by atoms with Gasteiger partial charge in [0, 0.05) is 68.7 Å². The Kier molecular flexibility index (Phi) is 41.3. The van der Waals surface area contributed by atoms with Crippen LogP contribution in [-0.2, 0) is 112 Å². The number of aliphatic hydroxyl groups is 1. The highest BCUT2D eigenvalue weighted by molar-refractivity contribution is 8.00. The van der Waals surface area contributed by atoms with Crippen molar-refractivity contribution in [3.05, 3.63) is 162 Å². The van der Waals surface area contributed by atoms with Gasteiger partial charge in [-0.3, -0.25) is 97.0 Å².